The number of carbonyl (C=O) groups is 1. The SMILES string of the molecule is CC1CC(C#N)(C(=O)NCCCOCCO)C1. The highest BCUT2D eigenvalue weighted by molar-refractivity contribution is 5.86. The van der Waals surface area contributed by atoms with E-state index < -0.39 is 5.41 Å². The van der Waals surface area contributed by atoms with Crippen molar-refractivity contribution in [1.29, 1.82) is 5.26 Å². The average molecular weight is 240 g/mol. The van der Waals surface area contributed by atoms with Crippen LogP contribution in [0.1, 0.15) is 26.2 Å². The molecule has 0 bridgehead atoms. The Hall–Kier alpha value is -1.12. The van der Waals surface area contributed by atoms with E-state index in [-0.39, 0.29) is 12.5 Å². The smallest absolute Gasteiger partial charge is 0.240 e. The lowest BCUT2D eigenvalue weighted by molar-refractivity contribution is -0.133. The van der Waals surface area contributed by atoms with Crippen LogP contribution >= 0.6 is 0 Å². The molecule has 0 unspecified atom stereocenters. The van der Waals surface area contributed by atoms with Crippen LogP contribution in [0.25, 0.3) is 0 Å². The van der Waals surface area contributed by atoms with Gasteiger partial charge in [0.25, 0.3) is 0 Å². The summed E-state index contributed by atoms with van der Waals surface area (Å²) in [6.07, 6.45) is 2.02. The molecular formula is C12H20N2O3. The molecule has 0 aliphatic heterocycles. The summed E-state index contributed by atoms with van der Waals surface area (Å²) in [6.45, 7) is 3.42. The van der Waals surface area contributed by atoms with Crippen LogP contribution in [0.5, 0.6) is 0 Å². The van der Waals surface area contributed by atoms with Gasteiger partial charge in [-0.05, 0) is 25.2 Å². The van der Waals surface area contributed by atoms with E-state index in [0.717, 1.165) is 0 Å². The first-order valence-corrected chi connectivity index (χ1v) is 6.03. The molecule has 2 N–H and O–H groups in total. The van der Waals surface area contributed by atoms with Gasteiger partial charge in [-0.3, -0.25) is 4.79 Å². The predicted molar refractivity (Wildman–Crippen MR) is 62.0 cm³/mol. The van der Waals surface area contributed by atoms with Crippen molar-refractivity contribution >= 4 is 5.91 Å². The third kappa shape index (κ3) is 3.69. The highest BCUT2D eigenvalue weighted by Gasteiger charge is 2.48. The first-order chi connectivity index (χ1) is 8.14. The van der Waals surface area contributed by atoms with Crippen LogP contribution in [0.15, 0.2) is 0 Å². The number of nitriles is 1. The maximum absolute atomic E-state index is 11.8. The first kappa shape index (κ1) is 13.9. The molecule has 5 nitrogen and oxygen atoms in total. The van der Waals surface area contributed by atoms with E-state index in [4.69, 9.17) is 15.1 Å². The maximum Gasteiger partial charge on any atom is 0.240 e. The average Bonchev–Trinajstić information content (AvgIpc) is 2.29. The fraction of sp³-hybridized carbons (Fsp3) is 0.833. The Morgan fingerprint density at radius 3 is 2.82 bits per heavy atom. The highest BCUT2D eigenvalue weighted by atomic mass is 16.5. The number of amides is 1. The molecule has 0 spiro atoms. The van der Waals surface area contributed by atoms with E-state index in [9.17, 15) is 4.79 Å². The number of nitrogens with one attached hydrogen (secondary N) is 1. The van der Waals surface area contributed by atoms with Crippen LogP contribution in [-0.2, 0) is 9.53 Å². The number of aliphatic hydroxyl groups excluding tert-OH is 1. The van der Waals surface area contributed by atoms with Gasteiger partial charge in [-0.25, -0.2) is 0 Å². The van der Waals surface area contributed by atoms with E-state index in [1.54, 1.807) is 0 Å². The number of nitrogens with zero attached hydrogens (tertiary/aromatic N) is 1. The molecule has 1 fully saturated rings. The van der Waals surface area contributed by atoms with Crippen molar-refractivity contribution in [3.05, 3.63) is 0 Å². The van der Waals surface area contributed by atoms with E-state index in [0.29, 0.717) is 44.9 Å². The van der Waals surface area contributed by atoms with Gasteiger partial charge < -0.3 is 15.2 Å². The summed E-state index contributed by atoms with van der Waals surface area (Å²) in [5.41, 5.74) is -0.786. The largest absolute Gasteiger partial charge is 0.394 e. The van der Waals surface area contributed by atoms with Gasteiger partial charge in [0.2, 0.25) is 5.91 Å². The van der Waals surface area contributed by atoms with Crippen molar-refractivity contribution in [2.45, 2.75) is 26.2 Å². The summed E-state index contributed by atoms with van der Waals surface area (Å²) < 4.78 is 5.07. The normalized spacial score (nSPS) is 27.0. The zero-order valence-electron chi connectivity index (χ0n) is 10.2. The van der Waals surface area contributed by atoms with Crippen LogP contribution in [0, 0.1) is 22.7 Å². The molecule has 1 rings (SSSR count). The summed E-state index contributed by atoms with van der Waals surface area (Å²) in [7, 11) is 0. The fourth-order valence-electron chi connectivity index (χ4n) is 2.17. The Kier molecular flexibility index (Phi) is 5.39. The minimum Gasteiger partial charge on any atom is -0.394 e. The molecule has 1 saturated carbocycles. The van der Waals surface area contributed by atoms with Gasteiger partial charge in [0.15, 0.2) is 0 Å². The Labute approximate surface area is 102 Å². The van der Waals surface area contributed by atoms with Gasteiger partial charge in [-0.1, -0.05) is 6.92 Å². The molecule has 0 heterocycles. The monoisotopic (exact) mass is 240 g/mol. The van der Waals surface area contributed by atoms with Crippen molar-refractivity contribution in [3.63, 3.8) is 0 Å². The summed E-state index contributed by atoms with van der Waals surface area (Å²) in [6, 6.07) is 2.13. The number of hydrogen-bond acceptors (Lipinski definition) is 4. The molecule has 0 radical (unpaired) electrons. The van der Waals surface area contributed by atoms with Gasteiger partial charge >= 0.3 is 0 Å². The zero-order chi connectivity index (χ0) is 12.7. The maximum atomic E-state index is 11.8. The molecule has 0 saturated heterocycles. The van der Waals surface area contributed by atoms with E-state index in [1.807, 2.05) is 6.92 Å². The van der Waals surface area contributed by atoms with Gasteiger partial charge in [-0.2, -0.15) is 5.26 Å². The van der Waals surface area contributed by atoms with Crippen LogP contribution in [0.2, 0.25) is 0 Å². The third-order valence-electron chi connectivity index (χ3n) is 3.03. The fourth-order valence-corrected chi connectivity index (χ4v) is 2.17. The molecule has 96 valence electrons. The minimum absolute atomic E-state index is 0.0157. The molecule has 0 atom stereocenters. The van der Waals surface area contributed by atoms with Gasteiger partial charge in [0.1, 0.15) is 5.41 Å². The molecule has 5 heteroatoms. The van der Waals surface area contributed by atoms with Crippen molar-refractivity contribution in [2.24, 2.45) is 11.3 Å². The van der Waals surface area contributed by atoms with E-state index in [2.05, 4.69) is 11.4 Å². The second-order valence-electron chi connectivity index (χ2n) is 4.65. The van der Waals surface area contributed by atoms with Gasteiger partial charge in [0, 0.05) is 13.2 Å². The highest BCUT2D eigenvalue weighted by Crippen LogP contribution is 2.44. The van der Waals surface area contributed by atoms with Crippen LogP contribution in [0.4, 0.5) is 0 Å². The molecule has 1 amide bonds. The quantitative estimate of drug-likeness (QED) is 0.633. The standard InChI is InChI=1S/C12H20N2O3/c1-10-7-12(8-10,9-13)11(16)14-3-2-5-17-6-4-15/h10,15H,2-8H2,1H3,(H,14,16). The van der Waals surface area contributed by atoms with E-state index in [1.165, 1.54) is 0 Å². The van der Waals surface area contributed by atoms with Crippen molar-refractivity contribution in [3.8, 4) is 6.07 Å². The predicted octanol–water partition coefficient (Wildman–Crippen LogP) is 0.441. The van der Waals surface area contributed by atoms with Gasteiger partial charge in [0.05, 0.1) is 19.3 Å². The molecule has 1 aliphatic carbocycles. The number of rotatable bonds is 7. The first-order valence-electron chi connectivity index (χ1n) is 6.03. The Morgan fingerprint density at radius 2 is 2.29 bits per heavy atom. The second-order valence-corrected chi connectivity index (χ2v) is 4.65. The van der Waals surface area contributed by atoms with Crippen molar-refractivity contribution < 1.29 is 14.6 Å². The second kappa shape index (κ2) is 6.58. The molecule has 17 heavy (non-hydrogen) atoms. The minimum atomic E-state index is -0.786. The van der Waals surface area contributed by atoms with Crippen LogP contribution < -0.4 is 5.32 Å². The summed E-state index contributed by atoms with van der Waals surface area (Å²) in [4.78, 5) is 11.8. The number of aliphatic hydroxyl groups is 1. The van der Waals surface area contributed by atoms with Gasteiger partial charge in [-0.15, -0.1) is 0 Å². The molecular weight excluding hydrogens is 220 g/mol. The zero-order valence-corrected chi connectivity index (χ0v) is 10.2. The number of hydrogen-bond donors (Lipinski definition) is 2. The lowest BCUT2D eigenvalue weighted by Gasteiger charge is -2.39. The summed E-state index contributed by atoms with van der Waals surface area (Å²) >= 11 is 0. The number of ether oxygens (including phenoxy) is 1. The molecule has 0 aromatic carbocycles. The molecule has 1 aliphatic rings. The molecule has 0 aromatic heterocycles. The Balaban J connectivity index is 2.15. The summed E-state index contributed by atoms with van der Waals surface area (Å²) in [5.74, 6) is 0.313. The molecule has 0 aromatic rings. The van der Waals surface area contributed by atoms with Crippen LogP contribution in [-0.4, -0.2) is 37.4 Å². The Morgan fingerprint density at radius 1 is 1.59 bits per heavy atom. The third-order valence-corrected chi connectivity index (χ3v) is 3.03. The Bertz CT molecular complexity index is 293. The summed E-state index contributed by atoms with van der Waals surface area (Å²) in [5, 5.41) is 20.3. The van der Waals surface area contributed by atoms with Crippen LogP contribution in [0.3, 0.4) is 0 Å². The van der Waals surface area contributed by atoms with E-state index >= 15 is 0 Å². The van der Waals surface area contributed by atoms with Crippen molar-refractivity contribution in [1.82, 2.24) is 5.32 Å². The lowest BCUT2D eigenvalue weighted by atomic mass is 9.63. The van der Waals surface area contributed by atoms with Crippen molar-refractivity contribution in [2.75, 3.05) is 26.4 Å². The number of carbonyl (C=O) groups excluding carboxylic acids is 1. The lowest BCUT2D eigenvalue weighted by Crippen LogP contribution is -2.48. The topological polar surface area (TPSA) is 82.4 Å².